The molecule has 0 aliphatic heterocycles. The van der Waals surface area contributed by atoms with Crippen molar-refractivity contribution in [2.75, 3.05) is 5.32 Å². The van der Waals surface area contributed by atoms with Gasteiger partial charge < -0.3 is 14.3 Å². The maximum absolute atomic E-state index is 12.9. The second kappa shape index (κ2) is 7.51. The summed E-state index contributed by atoms with van der Waals surface area (Å²) < 4.78 is 6.82. The van der Waals surface area contributed by atoms with Crippen LogP contribution >= 0.6 is 11.8 Å². The number of hydrogen-bond donors (Lipinski definition) is 1. The third-order valence-electron chi connectivity index (χ3n) is 4.37. The average molecular weight is 407 g/mol. The first kappa shape index (κ1) is 18.9. The van der Waals surface area contributed by atoms with Gasteiger partial charge in [-0.1, -0.05) is 0 Å². The first-order chi connectivity index (χ1) is 13.9. The van der Waals surface area contributed by atoms with E-state index in [1.807, 2.05) is 25.1 Å². The summed E-state index contributed by atoms with van der Waals surface area (Å²) in [5.74, 6) is -0.0689. The molecule has 0 atom stereocenters. The molecule has 0 fully saturated rings. The topological polar surface area (TPSA) is 103 Å². The molecular weight excluding hydrogens is 390 g/mol. The zero-order valence-corrected chi connectivity index (χ0v) is 16.8. The molecule has 1 N–H and O–H groups in total. The number of carbonyl (C=O) groups is 1. The number of carbonyl (C=O) groups excluding carboxylic acids is 1. The Morgan fingerprint density at radius 1 is 1.17 bits per heavy atom. The zero-order valence-electron chi connectivity index (χ0n) is 16.0. The van der Waals surface area contributed by atoms with Crippen LogP contribution in [0.3, 0.4) is 0 Å². The lowest BCUT2D eigenvalue weighted by atomic mass is 10.1. The highest BCUT2D eigenvalue weighted by Crippen LogP contribution is 2.29. The van der Waals surface area contributed by atoms with Crippen LogP contribution in [-0.4, -0.2) is 25.4 Å². The van der Waals surface area contributed by atoms with Crippen LogP contribution in [0, 0.1) is 13.8 Å². The van der Waals surface area contributed by atoms with Crippen LogP contribution in [0.1, 0.15) is 21.7 Å². The second-order valence-electron chi connectivity index (χ2n) is 6.44. The van der Waals surface area contributed by atoms with Gasteiger partial charge >= 0.3 is 0 Å². The minimum atomic E-state index is -0.416. The third-order valence-corrected chi connectivity index (χ3v) is 5.26. The van der Waals surface area contributed by atoms with Crippen LogP contribution in [0.5, 0.6) is 0 Å². The highest BCUT2D eigenvalue weighted by atomic mass is 32.2. The van der Waals surface area contributed by atoms with E-state index in [4.69, 9.17) is 4.42 Å². The molecule has 4 aromatic rings. The van der Waals surface area contributed by atoms with E-state index in [9.17, 15) is 9.59 Å². The van der Waals surface area contributed by atoms with Crippen LogP contribution in [0.4, 0.5) is 5.69 Å². The van der Waals surface area contributed by atoms with Crippen molar-refractivity contribution in [3.63, 3.8) is 0 Å². The number of nitrogens with one attached hydrogen (secondary N) is 1. The molecule has 8 nitrogen and oxygen atoms in total. The van der Waals surface area contributed by atoms with E-state index in [-0.39, 0.29) is 22.2 Å². The number of furan rings is 1. The van der Waals surface area contributed by atoms with Gasteiger partial charge in [0.2, 0.25) is 5.71 Å². The molecule has 0 radical (unpaired) electrons. The maximum atomic E-state index is 12.9. The van der Waals surface area contributed by atoms with Gasteiger partial charge in [-0.2, -0.15) is 0 Å². The van der Waals surface area contributed by atoms with E-state index in [2.05, 4.69) is 20.3 Å². The highest BCUT2D eigenvalue weighted by molar-refractivity contribution is 7.99. The number of rotatable bonds is 4. The molecule has 0 bridgehead atoms. The van der Waals surface area contributed by atoms with Gasteiger partial charge in [-0.25, -0.2) is 15.0 Å². The van der Waals surface area contributed by atoms with Crippen LogP contribution in [0.15, 0.2) is 62.3 Å². The van der Waals surface area contributed by atoms with Crippen molar-refractivity contribution in [3.05, 3.63) is 70.2 Å². The van der Waals surface area contributed by atoms with Gasteiger partial charge in [0, 0.05) is 30.0 Å². The minimum Gasteiger partial charge on any atom is -0.442 e. The van der Waals surface area contributed by atoms with Crippen molar-refractivity contribution < 1.29 is 9.21 Å². The summed E-state index contributed by atoms with van der Waals surface area (Å²) in [5.41, 5.74) is 1.54. The van der Waals surface area contributed by atoms with Gasteiger partial charge in [0.1, 0.15) is 17.5 Å². The Morgan fingerprint density at radius 2 is 1.93 bits per heavy atom. The average Bonchev–Trinajstić information content (AvgIpc) is 3.04. The molecule has 9 heteroatoms. The van der Waals surface area contributed by atoms with E-state index in [1.165, 1.54) is 22.7 Å². The van der Waals surface area contributed by atoms with Gasteiger partial charge in [-0.3, -0.25) is 9.59 Å². The minimum absolute atomic E-state index is 0.155. The fraction of sp³-hybridized carbons (Fsp3) is 0.150. The second-order valence-corrected chi connectivity index (χ2v) is 7.48. The largest absolute Gasteiger partial charge is 0.442 e. The van der Waals surface area contributed by atoms with Crippen molar-refractivity contribution in [2.24, 2.45) is 7.05 Å². The number of benzene rings is 1. The Hall–Kier alpha value is -3.46. The summed E-state index contributed by atoms with van der Waals surface area (Å²) >= 11 is 1.43. The first-order valence-electron chi connectivity index (χ1n) is 8.75. The summed E-state index contributed by atoms with van der Waals surface area (Å²) in [4.78, 5) is 38.8. The molecule has 3 aromatic heterocycles. The summed E-state index contributed by atoms with van der Waals surface area (Å²) in [6.45, 7) is 3.54. The number of aryl methyl sites for hydroxylation is 3. The van der Waals surface area contributed by atoms with Gasteiger partial charge in [0.25, 0.3) is 11.5 Å². The SMILES string of the molecule is Cc1cc(Sc2ncccn2)ccc1NC(=O)c1c(C)oc2ncn(C)c(=O)c12. The van der Waals surface area contributed by atoms with Crippen molar-refractivity contribution >= 4 is 34.5 Å². The van der Waals surface area contributed by atoms with Crippen molar-refractivity contribution in [1.29, 1.82) is 0 Å². The number of nitrogens with zero attached hydrogens (tertiary/aromatic N) is 4. The van der Waals surface area contributed by atoms with E-state index < -0.39 is 5.91 Å². The fourth-order valence-electron chi connectivity index (χ4n) is 2.93. The number of hydrogen-bond acceptors (Lipinski definition) is 7. The number of fused-ring (bicyclic) bond motifs is 1. The molecule has 1 amide bonds. The van der Waals surface area contributed by atoms with Crippen molar-refractivity contribution in [1.82, 2.24) is 19.5 Å². The molecule has 146 valence electrons. The predicted molar refractivity (Wildman–Crippen MR) is 109 cm³/mol. The molecule has 0 aliphatic carbocycles. The molecule has 29 heavy (non-hydrogen) atoms. The highest BCUT2D eigenvalue weighted by Gasteiger charge is 2.23. The molecule has 0 saturated heterocycles. The van der Waals surface area contributed by atoms with Crippen LogP contribution < -0.4 is 10.9 Å². The monoisotopic (exact) mass is 407 g/mol. The maximum Gasteiger partial charge on any atom is 0.265 e. The summed E-state index contributed by atoms with van der Waals surface area (Å²) in [6.07, 6.45) is 4.74. The van der Waals surface area contributed by atoms with Gasteiger partial charge in [-0.15, -0.1) is 0 Å². The summed E-state index contributed by atoms with van der Waals surface area (Å²) in [6, 6.07) is 7.40. The van der Waals surface area contributed by atoms with Crippen LogP contribution in [-0.2, 0) is 7.05 Å². The molecule has 0 spiro atoms. The number of aromatic nitrogens is 4. The third kappa shape index (κ3) is 3.64. The lowest BCUT2D eigenvalue weighted by Gasteiger charge is -2.10. The number of amides is 1. The lowest BCUT2D eigenvalue weighted by molar-refractivity contribution is 0.102. The Kier molecular flexibility index (Phi) is 4.89. The standard InChI is InChI=1S/C20H17N5O3S/c1-11-9-13(29-20-21-7-4-8-22-20)5-6-14(11)24-17(26)15-12(2)28-18-16(15)19(27)25(3)10-23-18/h4-10H,1-3H3,(H,24,26). The van der Waals surface area contributed by atoms with Gasteiger partial charge in [0.05, 0.1) is 5.56 Å². The van der Waals surface area contributed by atoms with Gasteiger partial charge in [0.15, 0.2) is 5.16 Å². The van der Waals surface area contributed by atoms with E-state index in [0.29, 0.717) is 16.6 Å². The van der Waals surface area contributed by atoms with E-state index in [0.717, 1.165) is 10.5 Å². The molecule has 0 saturated carbocycles. The molecule has 3 heterocycles. The van der Waals surface area contributed by atoms with Crippen LogP contribution in [0.2, 0.25) is 0 Å². The summed E-state index contributed by atoms with van der Waals surface area (Å²) in [7, 11) is 1.58. The Bertz CT molecular complexity index is 1280. The molecular formula is C20H17N5O3S. The molecule has 4 rings (SSSR count). The smallest absolute Gasteiger partial charge is 0.265 e. The lowest BCUT2D eigenvalue weighted by Crippen LogP contribution is -2.20. The normalized spacial score (nSPS) is 11.0. The van der Waals surface area contributed by atoms with Crippen molar-refractivity contribution in [3.8, 4) is 0 Å². The molecule has 1 aromatic carbocycles. The fourth-order valence-corrected chi connectivity index (χ4v) is 3.74. The van der Waals surface area contributed by atoms with Gasteiger partial charge in [-0.05, 0) is 55.4 Å². The van der Waals surface area contributed by atoms with E-state index >= 15 is 0 Å². The molecule has 0 unspecified atom stereocenters. The summed E-state index contributed by atoms with van der Waals surface area (Å²) in [5, 5.41) is 3.69. The van der Waals surface area contributed by atoms with Crippen LogP contribution in [0.25, 0.3) is 11.1 Å². The Balaban J connectivity index is 1.62. The molecule has 0 aliphatic rings. The zero-order chi connectivity index (χ0) is 20.5. The predicted octanol–water partition coefficient (Wildman–Crippen LogP) is 3.34. The van der Waals surface area contributed by atoms with E-state index in [1.54, 1.807) is 32.4 Å². The van der Waals surface area contributed by atoms with Crippen molar-refractivity contribution in [2.45, 2.75) is 23.9 Å². The first-order valence-corrected chi connectivity index (χ1v) is 9.57. The number of anilines is 1. The quantitative estimate of drug-likeness (QED) is 0.518. The Labute approximate surface area is 170 Å². The Morgan fingerprint density at radius 3 is 2.66 bits per heavy atom.